The predicted octanol–water partition coefficient (Wildman–Crippen LogP) is 3.33. The van der Waals surface area contributed by atoms with Crippen LogP contribution in [0.4, 0.5) is 0 Å². The summed E-state index contributed by atoms with van der Waals surface area (Å²) in [4.78, 5) is 0. The molecule has 1 saturated heterocycles. The van der Waals surface area contributed by atoms with Crippen LogP contribution in [0.3, 0.4) is 0 Å². The van der Waals surface area contributed by atoms with E-state index in [9.17, 15) is 0 Å². The Bertz CT molecular complexity index is 444. The number of hydrogen-bond donors (Lipinski definition) is 1. The lowest BCUT2D eigenvalue weighted by Gasteiger charge is -2.37. The highest BCUT2D eigenvalue weighted by Gasteiger charge is 2.40. The minimum Gasteiger partial charge on any atom is -0.348 e. The van der Waals surface area contributed by atoms with E-state index in [2.05, 4.69) is 43.4 Å². The lowest BCUT2D eigenvalue weighted by Crippen LogP contribution is -2.42. The molecule has 1 heterocycles. The van der Waals surface area contributed by atoms with Crippen LogP contribution in [0.5, 0.6) is 0 Å². The fourth-order valence-corrected chi connectivity index (χ4v) is 3.53. The van der Waals surface area contributed by atoms with Gasteiger partial charge in [0.2, 0.25) is 0 Å². The van der Waals surface area contributed by atoms with Gasteiger partial charge in [-0.2, -0.15) is 0 Å². The summed E-state index contributed by atoms with van der Waals surface area (Å²) in [5.41, 5.74) is 2.77. The van der Waals surface area contributed by atoms with Crippen molar-refractivity contribution in [2.75, 3.05) is 13.2 Å². The first-order valence-corrected chi connectivity index (χ1v) is 7.78. The molecule has 110 valence electrons. The van der Waals surface area contributed by atoms with Gasteiger partial charge in [-0.1, -0.05) is 24.3 Å². The van der Waals surface area contributed by atoms with Crippen molar-refractivity contribution in [3.05, 3.63) is 35.4 Å². The van der Waals surface area contributed by atoms with Crippen LogP contribution < -0.4 is 5.32 Å². The average Bonchev–Trinajstić information content (AvgIpc) is 2.90. The van der Waals surface area contributed by atoms with Gasteiger partial charge in [0.05, 0.1) is 13.2 Å². The van der Waals surface area contributed by atoms with Crippen molar-refractivity contribution in [1.82, 2.24) is 5.32 Å². The fourth-order valence-electron chi connectivity index (χ4n) is 3.53. The summed E-state index contributed by atoms with van der Waals surface area (Å²) in [5.74, 6) is -0.246. The van der Waals surface area contributed by atoms with Crippen LogP contribution >= 0.6 is 0 Å². The molecule has 20 heavy (non-hydrogen) atoms. The summed E-state index contributed by atoms with van der Waals surface area (Å²) in [6, 6.07) is 9.61. The van der Waals surface area contributed by atoms with Gasteiger partial charge in [-0.05, 0) is 37.8 Å². The summed E-state index contributed by atoms with van der Waals surface area (Å²) in [5, 5.41) is 3.77. The maximum atomic E-state index is 5.79. The maximum absolute atomic E-state index is 5.79. The van der Waals surface area contributed by atoms with Crippen molar-refractivity contribution < 1.29 is 9.47 Å². The van der Waals surface area contributed by atoms with Gasteiger partial charge >= 0.3 is 0 Å². The van der Waals surface area contributed by atoms with Gasteiger partial charge in [0.25, 0.3) is 0 Å². The highest BCUT2D eigenvalue weighted by molar-refractivity contribution is 5.28. The number of aryl methyl sites for hydroxylation is 1. The first-order valence-electron chi connectivity index (χ1n) is 7.78. The number of rotatable bonds is 3. The van der Waals surface area contributed by atoms with Crippen LogP contribution in [0, 0.1) is 6.92 Å². The van der Waals surface area contributed by atoms with E-state index in [-0.39, 0.29) is 5.79 Å². The van der Waals surface area contributed by atoms with Crippen molar-refractivity contribution in [3.8, 4) is 0 Å². The normalized spacial score (nSPS) is 24.1. The molecule has 2 aliphatic rings. The van der Waals surface area contributed by atoms with E-state index in [4.69, 9.17) is 9.47 Å². The second-order valence-electron chi connectivity index (χ2n) is 6.13. The molecule has 3 heteroatoms. The molecular formula is C17H25NO2. The van der Waals surface area contributed by atoms with Gasteiger partial charge in [-0.3, -0.25) is 0 Å². The second kappa shape index (κ2) is 5.84. The zero-order valence-corrected chi connectivity index (χ0v) is 12.5. The Kier molecular flexibility index (Phi) is 4.11. The van der Waals surface area contributed by atoms with Crippen LogP contribution in [0.2, 0.25) is 0 Å². The summed E-state index contributed by atoms with van der Waals surface area (Å²) >= 11 is 0. The van der Waals surface area contributed by atoms with Crippen LogP contribution in [0.15, 0.2) is 24.3 Å². The fraction of sp³-hybridized carbons (Fsp3) is 0.647. The Morgan fingerprint density at radius 2 is 1.80 bits per heavy atom. The van der Waals surface area contributed by atoms with E-state index in [0.717, 1.165) is 38.9 Å². The average molecular weight is 275 g/mol. The summed E-state index contributed by atoms with van der Waals surface area (Å²) in [7, 11) is 0. The van der Waals surface area contributed by atoms with Gasteiger partial charge in [0, 0.05) is 24.9 Å². The smallest absolute Gasteiger partial charge is 0.168 e. The molecule has 1 aromatic carbocycles. The Labute approximate surface area is 121 Å². The number of nitrogens with one attached hydrogen (secondary N) is 1. The monoisotopic (exact) mass is 275 g/mol. The molecular weight excluding hydrogens is 250 g/mol. The molecule has 1 aliphatic carbocycles. The lowest BCUT2D eigenvalue weighted by molar-refractivity contribution is -0.179. The van der Waals surface area contributed by atoms with Crippen LogP contribution in [-0.2, 0) is 9.47 Å². The van der Waals surface area contributed by atoms with Gasteiger partial charge in [0.15, 0.2) is 5.79 Å². The molecule has 0 amide bonds. The third-order valence-corrected chi connectivity index (χ3v) is 4.70. The van der Waals surface area contributed by atoms with E-state index < -0.39 is 0 Å². The standard InChI is InChI=1S/C17H25NO2/c1-13-5-3-4-6-16(13)14(2)18-15-7-9-17(10-8-15)19-11-12-20-17/h3-6,14-15,18H,7-12H2,1-2H3. The Balaban J connectivity index is 1.56. The first kappa shape index (κ1) is 14.1. The van der Waals surface area contributed by atoms with Crippen molar-refractivity contribution in [2.24, 2.45) is 0 Å². The van der Waals surface area contributed by atoms with Gasteiger partial charge < -0.3 is 14.8 Å². The molecule has 2 fully saturated rings. The zero-order chi connectivity index (χ0) is 14.0. The Morgan fingerprint density at radius 3 is 2.45 bits per heavy atom. The molecule has 3 nitrogen and oxygen atoms in total. The van der Waals surface area contributed by atoms with E-state index in [1.54, 1.807) is 0 Å². The number of ether oxygens (including phenoxy) is 2. The van der Waals surface area contributed by atoms with E-state index in [1.807, 2.05) is 0 Å². The third kappa shape index (κ3) is 2.90. The second-order valence-corrected chi connectivity index (χ2v) is 6.13. The summed E-state index contributed by atoms with van der Waals surface area (Å²) in [6.07, 6.45) is 4.31. The maximum Gasteiger partial charge on any atom is 0.168 e. The number of benzene rings is 1. The SMILES string of the molecule is Cc1ccccc1C(C)NC1CCC2(CC1)OCCO2. The topological polar surface area (TPSA) is 30.5 Å². The first-order chi connectivity index (χ1) is 9.69. The van der Waals surface area contributed by atoms with E-state index in [1.165, 1.54) is 11.1 Å². The zero-order valence-electron chi connectivity index (χ0n) is 12.5. The molecule has 1 unspecified atom stereocenters. The van der Waals surface area contributed by atoms with Crippen molar-refractivity contribution in [3.63, 3.8) is 0 Å². The quantitative estimate of drug-likeness (QED) is 0.918. The van der Waals surface area contributed by atoms with Gasteiger partial charge in [0.1, 0.15) is 0 Å². The molecule has 0 bridgehead atoms. The van der Waals surface area contributed by atoms with Crippen LogP contribution in [-0.4, -0.2) is 25.0 Å². The van der Waals surface area contributed by atoms with Gasteiger partial charge in [-0.15, -0.1) is 0 Å². The molecule has 0 aromatic heterocycles. The number of hydrogen-bond acceptors (Lipinski definition) is 3. The van der Waals surface area contributed by atoms with Crippen molar-refractivity contribution in [2.45, 2.75) is 57.4 Å². The lowest BCUT2D eigenvalue weighted by atomic mass is 9.89. The molecule has 1 atom stereocenters. The van der Waals surface area contributed by atoms with Crippen LogP contribution in [0.25, 0.3) is 0 Å². The molecule has 1 aromatic rings. The van der Waals surface area contributed by atoms with Crippen molar-refractivity contribution >= 4 is 0 Å². The minimum absolute atomic E-state index is 0.246. The minimum atomic E-state index is -0.246. The Hall–Kier alpha value is -0.900. The van der Waals surface area contributed by atoms with Gasteiger partial charge in [-0.25, -0.2) is 0 Å². The van der Waals surface area contributed by atoms with Crippen molar-refractivity contribution in [1.29, 1.82) is 0 Å². The predicted molar refractivity (Wildman–Crippen MR) is 79.6 cm³/mol. The molecule has 1 saturated carbocycles. The molecule has 1 N–H and O–H groups in total. The third-order valence-electron chi connectivity index (χ3n) is 4.70. The van der Waals surface area contributed by atoms with E-state index in [0.29, 0.717) is 12.1 Å². The Morgan fingerprint density at radius 1 is 1.15 bits per heavy atom. The largest absolute Gasteiger partial charge is 0.348 e. The molecule has 0 radical (unpaired) electrons. The van der Waals surface area contributed by atoms with E-state index >= 15 is 0 Å². The molecule has 3 rings (SSSR count). The summed E-state index contributed by atoms with van der Waals surface area (Å²) in [6.45, 7) is 5.97. The summed E-state index contributed by atoms with van der Waals surface area (Å²) < 4.78 is 11.6. The molecule has 1 aliphatic heterocycles. The molecule has 1 spiro atoms. The van der Waals surface area contributed by atoms with Crippen LogP contribution in [0.1, 0.15) is 49.8 Å². The highest BCUT2D eigenvalue weighted by atomic mass is 16.7. The highest BCUT2D eigenvalue weighted by Crippen LogP contribution is 2.36.